The molecule has 0 fully saturated rings. The van der Waals surface area contributed by atoms with Crippen LogP contribution in [0.25, 0.3) is 22.6 Å². The number of aromatic nitrogens is 3. The van der Waals surface area contributed by atoms with Crippen LogP contribution in [0.15, 0.2) is 60.1 Å². The number of imidazole rings is 1. The standard InChI is InChI=1S/C20H17N5OS/c1-12-2-4-13(5-3-12)16-17(19(26)25-20-22-10-11-27-20)24-18(23-16)14-6-8-15(21)9-7-14/h2-11H,21H2,1H3,(H,23,24)(H,22,25,26). The van der Waals surface area contributed by atoms with E-state index in [0.717, 1.165) is 16.7 Å². The fourth-order valence-electron chi connectivity index (χ4n) is 2.68. The fraction of sp³-hybridized carbons (Fsp3) is 0.0500. The van der Waals surface area contributed by atoms with Crippen LogP contribution < -0.4 is 11.1 Å². The fourth-order valence-corrected chi connectivity index (χ4v) is 3.20. The maximum atomic E-state index is 12.8. The largest absolute Gasteiger partial charge is 0.399 e. The van der Waals surface area contributed by atoms with Gasteiger partial charge < -0.3 is 10.7 Å². The van der Waals surface area contributed by atoms with E-state index in [9.17, 15) is 4.79 Å². The van der Waals surface area contributed by atoms with Gasteiger partial charge in [-0.15, -0.1) is 11.3 Å². The summed E-state index contributed by atoms with van der Waals surface area (Å²) in [6.45, 7) is 2.02. The van der Waals surface area contributed by atoms with E-state index in [0.29, 0.717) is 28.0 Å². The molecule has 4 aromatic rings. The smallest absolute Gasteiger partial charge is 0.276 e. The van der Waals surface area contributed by atoms with Crippen LogP contribution >= 0.6 is 11.3 Å². The van der Waals surface area contributed by atoms with Crippen molar-refractivity contribution in [3.05, 3.63) is 71.4 Å². The second-order valence-electron chi connectivity index (χ2n) is 6.09. The third-order valence-electron chi connectivity index (χ3n) is 4.09. The number of anilines is 2. The first-order valence-electron chi connectivity index (χ1n) is 8.34. The number of aryl methyl sites for hydroxylation is 1. The minimum atomic E-state index is -0.283. The normalized spacial score (nSPS) is 10.7. The lowest BCUT2D eigenvalue weighted by Gasteiger charge is -2.03. The van der Waals surface area contributed by atoms with Gasteiger partial charge in [-0.1, -0.05) is 29.8 Å². The lowest BCUT2D eigenvalue weighted by Crippen LogP contribution is -2.13. The number of nitrogens with zero attached hydrogens (tertiary/aromatic N) is 2. The van der Waals surface area contributed by atoms with Gasteiger partial charge in [-0.2, -0.15) is 0 Å². The van der Waals surface area contributed by atoms with Crippen molar-refractivity contribution in [3.63, 3.8) is 0 Å². The summed E-state index contributed by atoms with van der Waals surface area (Å²) < 4.78 is 0. The molecule has 4 N–H and O–H groups in total. The predicted octanol–water partition coefficient (Wildman–Crippen LogP) is 4.34. The van der Waals surface area contributed by atoms with Crippen LogP contribution in [0.4, 0.5) is 10.8 Å². The molecule has 0 spiro atoms. The van der Waals surface area contributed by atoms with Gasteiger partial charge in [0.05, 0.1) is 0 Å². The summed E-state index contributed by atoms with van der Waals surface area (Å²) in [4.78, 5) is 24.8. The van der Waals surface area contributed by atoms with E-state index in [-0.39, 0.29) is 5.91 Å². The molecule has 0 bridgehead atoms. The summed E-state index contributed by atoms with van der Waals surface area (Å²) in [5, 5.41) is 5.16. The van der Waals surface area contributed by atoms with Crippen molar-refractivity contribution in [3.8, 4) is 22.6 Å². The Labute approximate surface area is 160 Å². The number of H-pyrrole nitrogens is 1. The molecule has 2 aromatic carbocycles. The van der Waals surface area contributed by atoms with Crippen molar-refractivity contribution in [1.29, 1.82) is 0 Å². The first kappa shape index (κ1) is 17.0. The third-order valence-corrected chi connectivity index (χ3v) is 4.78. The Hall–Kier alpha value is -3.45. The van der Waals surface area contributed by atoms with Gasteiger partial charge in [0.15, 0.2) is 5.13 Å². The molecular formula is C20H17N5OS. The number of thiazole rings is 1. The SMILES string of the molecule is Cc1ccc(-c2nc(-c3ccc(N)cc3)[nH]c2C(=O)Nc2nccs2)cc1. The molecule has 0 radical (unpaired) electrons. The number of carbonyl (C=O) groups excluding carboxylic acids is 1. The maximum absolute atomic E-state index is 12.8. The molecule has 0 aliphatic carbocycles. The van der Waals surface area contributed by atoms with Crippen molar-refractivity contribution in [1.82, 2.24) is 15.0 Å². The zero-order valence-electron chi connectivity index (χ0n) is 14.6. The number of benzene rings is 2. The van der Waals surface area contributed by atoms with E-state index in [4.69, 9.17) is 5.73 Å². The maximum Gasteiger partial charge on any atom is 0.276 e. The number of nitrogens with two attached hydrogens (primary N) is 1. The second kappa shape index (κ2) is 7.05. The third kappa shape index (κ3) is 3.58. The lowest BCUT2D eigenvalue weighted by molar-refractivity contribution is 0.102. The molecule has 4 rings (SSSR count). The van der Waals surface area contributed by atoms with E-state index >= 15 is 0 Å². The van der Waals surface area contributed by atoms with Gasteiger partial charge in [-0.05, 0) is 31.2 Å². The number of rotatable bonds is 4. The number of amides is 1. The zero-order valence-corrected chi connectivity index (χ0v) is 15.4. The summed E-state index contributed by atoms with van der Waals surface area (Å²) >= 11 is 1.36. The van der Waals surface area contributed by atoms with Crippen LogP contribution in [0.3, 0.4) is 0 Å². The number of hydrogen-bond acceptors (Lipinski definition) is 5. The number of nitrogens with one attached hydrogen (secondary N) is 2. The highest BCUT2D eigenvalue weighted by Crippen LogP contribution is 2.28. The van der Waals surface area contributed by atoms with Gasteiger partial charge in [0.1, 0.15) is 17.2 Å². The van der Waals surface area contributed by atoms with Gasteiger partial charge in [-0.3, -0.25) is 10.1 Å². The van der Waals surface area contributed by atoms with Crippen LogP contribution in [-0.4, -0.2) is 20.9 Å². The van der Waals surface area contributed by atoms with Crippen LogP contribution in [0.2, 0.25) is 0 Å². The molecule has 6 nitrogen and oxygen atoms in total. The van der Waals surface area contributed by atoms with Gasteiger partial charge >= 0.3 is 0 Å². The molecule has 1 amide bonds. The molecule has 0 saturated heterocycles. The first-order chi connectivity index (χ1) is 13.1. The molecule has 0 aliphatic heterocycles. The summed E-state index contributed by atoms with van der Waals surface area (Å²) in [6.07, 6.45) is 1.65. The van der Waals surface area contributed by atoms with E-state index in [1.165, 1.54) is 11.3 Å². The Morgan fingerprint density at radius 3 is 2.44 bits per heavy atom. The highest BCUT2D eigenvalue weighted by molar-refractivity contribution is 7.13. The second-order valence-corrected chi connectivity index (χ2v) is 6.98. The van der Waals surface area contributed by atoms with Crippen molar-refractivity contribution >= 4 is 28.1 Å². The number of aromatic amines is 1. The molecule has 0 saturated carbocycles. The van der Waals surface area contributed by atoms with Gasteiger partial charge in [0, 0.05) is 28.4 Å². The van der Waals surface area contributed by atoms with Crippen molar-refractivity contribution in [2.45, 2.75) is 6.92 Å². The highest BCUT2D eigenvalue weighted by atomic mass is 32.1. The molecule has 27 heavy (non-hydrogen) atoms. The monoisotopic (exact) mass is 375 g/mol. The Balaban J connectivity index is 1.78. The Morgan fingerprint density at radius 2 is 1.78 bits per heavy atom. The topological polar surface area (TPSA) is 96.7 Å². The molecule has 0 aliphatic rings. The van der Waals surface area contributed by atoms with Gasteiger partial charge in [0.25, 0.3) is 5.91 Å². The molecule has 2 heterocycles. The molecule has 2 aromatic heterocycles. The minimum Gasteiger partial charge on any atom is -0.399 e. The summed E-state index contributed by atoms with van der Waals surface area (Å²) in [5.41, 5.74) is 10.3. The van der Waals surface area contributed by atoms with E-state index in [1.807, 2.05) is 48.7 Å². The number of nitrogen functional groups attached to an aromatic ring is 1. The van der Waals surface area contributed by atoms with Crippen LogP contribution in [0, 0.1) is 6.92 Å². The average Bonchev–Trinajstić information content (AvgIpc) is 3.33. The van der Waals surface area contributed by atoms with Crippen LogP contribution in [0.1, 0.15) is 16.1 Å². The zero-order chi connectivity index (χ0) is 18.8. The van der Waals surface area contributed by atoms with Crippen molar-refractivity contribution in [2.75, 3.05) is 11.1 Å². The summed E-state index contributed by atoms with van der Waals surface area (Å²) in [5.74, 6) is 0.324. The molecule has 134 valence electrons. The Kier molecular flexibility index (Phi) is 4.43. The number of hydrogen-bond donors (Lipinski definition) is 3. The molecule has 0 atom stereocenters. The molecule has 7 heteroatoms. The Bertz CT molecular complexity index is 1070. The lowest BCUT2D eigenvalue weighted by atomic mass is 10.1. The van der Waals surface area contributed by atoms with Crippen LogP contribution in [0.5, 0.6) is 0 Å². The van der Waals surface area contributed by atoms with Crippen molar-refractivity contribution in [2.24, 2.45) is 0 Å². The van der Waals surface area contributed by atoms with Gasteiger partial charge in [-0.25, -0.2) is 9.97 Å². The summed E-state index contributed by atoms with van der Waals surface area (Å²) in [6, 6.07) is 15.3. The highest BCUT2D eigenvalue weighted by Gasteiger charge is 2.20. The average molecular weight is 375 g/mol. The van der Waals surface area contributed by atoms with E-state index < -0.39 is 0 Å². The molecular weight excluding hydrogens is 358 g/mol. The predicted molar refractivity (Wildman–Crippen MR) is 109 cm³/mol. The quantitative estimate of drug-likeness (QED) is 0.462. The number of carbonyl (C=O) groups is 1. The van der Waals surface area contributed by atoms with E-state index in [2.05, 4.69) is 20.3 Å². The van der Waals surface area contributed by atoms with E-state index in [1.54, 1.807) is 18.3 Å². The van der Waals surface area contributed by atoms with Gasteiger partial charge in [0.2, 0.25) is 0 Å². The first-order valence-corrected chi connectivity index (χ1v) is 9.22. The minimum absolute atomic E-state index is 0.283. The molecule has 0 unspecified atom stereocenters. The van der Waals surface area contributed by atoms with Crippen molar-refractivity contribution < 1.29 is 4.79 Å². The van der Waals surface area contributed by atoms with Crippen LogP contribution in [-0.2, 0) is 0 Å². The Morgan fingerprint density at radius 1 is 1.07 bits per heavy atom. The summed E-state index contributed by atoms with van der Waals surface area (Å²) in [7, 11) is 0.